The zero-order valence-corrected chi connectivity index (χ0v) is 15.3. The minimum atomic E-state index is -3.49. The molecule has 1 aliphatic heterocycles. The lowest BCUT2D eigenvalue weighted by Gasteiger charge is -2.10. The highest BCUT2D eigenvalue weighted by molar-refractivity contribution is 7.89. The lowest BCUT2D eigenvalue weighted by molar-refractivity contribution is 0.114. The summed E-state index contributed by atoms with van der Waals surface area (Å²) in [7, 11) is -3.49. The Hall–Kier alpha value is -1.95. The zero-order valence-electron chi connectivity index (χ0n) is 14.5. The first-order valence-corrected chi connectivity index (χ1v) is 9.84. The summed E-state index contributed by atoms with van der Waals surface area (Å²) in [5.41, 5.74) is 4.38. The van der Waals surface area contributed by atoms with Gasteiger partial charge in [-0.2, -0.15) is 0 Å². The molecule has 5 heteroatoms. The highest BCUT2D eigenvalue weighted by Gasteiger charge is 2.23. The van der Waals surface area contributed by atoms with Crippen LogP contribution in [0.5, 0.6) is 0 Å². The van der Waals surface area contributed by atoms with Crippen LogP contribution in [0.2, 0.25) is 0 Å². The van der Waals surface area contributed by atoms with E-state index in [0.29, 0.717) is 18.0 Å². The molecular weight excluding hydrogens is 334 g/mol. The van der Waals surface area contributed by atoms with Crippen molar-refractivity contribution in [3.8, 4) is 0 Å². The molecule has 1 N–H and O–H groups in total. The standard InChI is InChI=1S/C20H23NO3S/c1-15-8-10-19(11-9-15)25(22,23)21-13-16(2)18-12-20(24-14-18)17-6-4-3-5-7-17/h3-11,20-21H,12-14H2,1-2H3/t20-/m0/s1. The molecule has 1 heterocycles. The van der Waals surface area contributed by atoms with Gasteiger partial charge >= 0.3 is 0 Å². The lowest BCUT2D eigenvalue weighted by Crippen LogP contribution is -2.26. The Labute approximate surface area is 149 Å². The quantitative estimate of drug-likeness (QED) is 0.829. The molecule has 4 nitrogen and oxygen atoms in total. The van der Waals surface area contributed by atoms with Gasteiger partial charge in [0, 0.05) is 13.0 Å². The first kappa shape index (κ1) is 17.9. The van der Waals surface area contributed by atoms with Gasteiger partial charge < -0.3 is 4.74 Å². The fourth-order valence-corrected chi connectivity index (χ4v) is 3.92. The maximum Gasteiger partial charge on any atom is 0.240 e. The number of nitrogens with one attached hydrogen (secondary N) is 1. The molecule has 0 bridgehead atoms. The van der Waals surface area contributed by atoms with Crippen molar-refractivity contribution < 1.29 is 13.2 Å². The molecule has 0 unspecified atom stereocenters. The second-order valence-electron chi connectivity index (χ2n) is 6.44. The highest BCUT2D eigenvalue weighted by Crippen LogP contribution is 2.33. The number of sulfonamides is 1. The Morgan fingerprint density at radius 2 is 1.80 bits per heavy atom. The molecule has 1 atom stereocenters. The number of benzene rings is 2. The summed E-state index contributed by atoms with van der Waals surface area (Å²) in [4.78, 5) is 0.292. The molecule has 2 aromatic rings. The van der Waals surface area contributed by atoms with Gasteiger partial charge in [-0.05, 0) is 37.1 Å². The van der Waals surface area contributed by atoms with Gasteiger partial charge in [-0.1, -0.05) is 53.6 Å². The van der Waals surface area contributed by atoms with E-state index in [9.17, 15) is 8.42 Å². The fraction of sp³-hybridized carbons (Fsp3) is 0.300. The first-order valence-electron chi connectivity index (χ1n) is 8.36. The average Bonchev–Trinajstić information content (AvgIpc) is 3.11. The summed E-state index contributed by atoms with van der Waals surface area (Å²) in [6.07, 6.45) is 0.863. The molecule has 132 valence electrons. The SMILES string of the molecule is CC(CNS(=O)(=O)c1ccc(C)cc1)=C1CO[C@H](c2ccccc2)C1. The maximum atomic E-state index is 12.4. The van der Waals surface area contributed by atoms with Crippen molar-refractivity contribution >= 4 is 10.0 Å². The molecule has 3 rings (SSSR count). The molecule has 1 saturated heterocycles. The zero-order chi connectivity index (χ0) is 17.9. The summed E-state index contributed by atoms with van der Waals surface area (Å²) in [5, 5.41) is 0. The molecule has 1 aliphatic rings. The van der Waals surface area contributed by atoms with Crippen LogP contribution in [0.3, 0.4) is 0 Å². The van der Waals surface area contributed by atoms with Crippen molar-refractivity contribution in [1.29, 1.82) is 0 Å². The van der Waals surface area contributed by atoms with Crippen molar-refractivity contribution in [3.05, 3.63) is 76.9 Å². The van der Waals surface area contributed by atoms with Crippen LogP contribution < -0.4 is 4.72 Å². The summed E-state index contributed by atoms with van der Waals surface area (Å²) < 4.78 is 33.3. The predicted octanol–water partition coefficient (Wildman–Crippen LogP) is 3.75. The van der Waals surface area contributed by atoms with Crippen LogP contribution in [0.4, 0.5) is 0 Å². The van der Waals surface area contributed by atoms with Gasteiger partial charge in [0.25, 0.3) is 0 Å². The molecule has 0 saturated carbocycles. The van der Waals surface area contributed by atoms with Crippen LogP contribution in [0.25, 0.3) is 0 Å². The molecule has 25 heavy (non-hydrogen) atoms. The van der Waals surface area contributed by atoms with E-state index in [1.54, 1.807) is 24.3 Å². The van der Waals surface area contributed by atoms with Crippen molar-refractivity contribution in [3.63, 3.8) is 0 Å². The smallest absolute Gasteiger partial charge is 0.240 e. The van der Waals surface area contributed by atoms with E-state index < -0.39 is 10.0 Å². The van der Waals surface area contributed by atoms with E-state index in [-0.39, 0.29) is 6.10 Å². The van der Waals surface area contributed by atoms with E-state index in [4.69, 9.17) is 4.74 Å². The Morgan fingerprint density at radius 1 is 1.12 bits per heavy atom. The molecule has 0 aliphatic carbocycles. The molecule has 0 aromatic heterocycles. The summed E-state index contributed by atoms with van der Waals surface area (Å²) in [5.74, 6) is 0. The highest BCUT2D eigenvalue weighted by atomic mass is 32.2. The number of rotatable bonds is 5. The van der Waals surface area contributed by atoms with Gasteiger partial charge in [0.05, 0.1) is 17.6 Å². The summed E-state index contributed by atoms with van der Waals surface area (Å²) >= 11 is 0. The van der Waals surface area contributed by atoms with Gasteiger partial charge in [-0.25, -0.2) is 13.1 Å². The summed E-state index contributed by atoms with van der Waals surface area (Å²) in [6.45, 7) is 4.75. The monoisotopic (exact) mass is 357 g/mol. The van der Waals surface area contributed by atoms with E-state index in [1.165, 1.54) is 5.57 Å². The van der Waals surface area contributed by atoms with Gasteiger partial charge in [0.1, 0.15) is 0 Å². The van der Waals surface area contributed by atoms with Gasteiger partial charge in [0.2, 0.25) is 10.0 Å². The van der Waals surface area contributed by atoms with Crippen molar-refractivity contribution in [1.82, 2.24) is 4.72 Å². The third-order valence-corrected chi connectivity index (χ3v) is 5.94. The Bertz CT molecular complexity index is 856. The predicted molar refractivity (Wildman–Crippen MR) is 98.8 cm³/mol. The number of ether oxygens (including phenoxy) is 1. The fourth-order valence-electron chi connectivity index (χ4n) is 2.85. The maximum absolute atomic E-state index is 12.4. The van der Waals surface area contributed by atoms with Crippen LogP contribution in [-0.4, -0.2) is 21.6 Å². The largest absolute Gasteiger partial charge is 0.369 e. The van der Waals surface area contributed by atoms with E-state index in [1.807, 2.05) is 32.0 Å². The van der Waals surface area contributed by atoms with E-state index >= 15 is 0 Å². The summed E-state index contributed by atoms with van der Waals surface area (Å²) in [6, 6.07) is 17.0. The number of hydrogen-bond acceptors (Lipinski definition) is 3. The second kappa shape index (κ2) is 7.52. The number of hydrogen-bond donors (Lipinski definition) is 1. The van der Waals surface area contributed by atoms with Crippen molar-refractivity contribution in [2.24, 2.45) is 0 Å². The normalized spacial score (nSPS) is 19.8. The van der Waals surface area contributed by atoms with Crippen LogP contribution >= 0.6 is 0 Å². The lowest BCUT2D eigenvalue weighted by atomic mass is 10.0. The molecular formula is C20H23NO3S. The van der Waals surface area contributed by atoms with Crippen LogP contribution in [0.1, 0.15) is 30.6 Å². The van der Waals surface area contributed by atoms with Gasteiger partial charge in [-0.15, -0.1) is 0 Å². The number of aryl methyl sites for hydroxylation is 1. The minimum Gasteiger partial charge on any atom is -0.369 e. The Morgan fingerprint density at radius 3 is 2.48 bits per heavy atom. The Kier molecular flexibility index (Phi) is 5.37. The van der Waals surface area contributed by atoms with Crippen molar-refractivity contribution in [2.45, 2.75) is 31.3 Å². The van der Waals surface area contributed by atoms with Crippen molar-refractivity contribution in [2.75, 3.05) is 13.2 Å². The Balaban J connectivity index is 1.65. The molecule has 0 amide bonds. The second-order valence-corrected chi connectivity index (χ2v) is 8.20. The van der Waals surface area contributed by atoms with Crippen LogP contribution in [-0.2, 0) is 14.8 Å². The molecule has 2 aromatic carbocycles. The molecule has 1 fully saturated rings. The minimum absolute atomic E-state index is 0.0554. The van der Waals surface area contributed by atoms with E-state index in [0.717, 1.165) is 23.1 Å². The van der Waals surface area contributed by atoms with Gasteiger partial charge in [-0.3, -0.25) is 0 Å². The van der Waals surface area contributed by atoms with E-state index in [2.05, 4.69) is 16.9 Å². The van der Waals surface area contributed by atoms with Crippen LogP contribution in [0.15, 0.2) is 70.6 Å². The average molecular weight is 357 g/mol. The third kappa shape index (κ3) is 4.37. The van der Waals surface area contributed by atoms with Gasteiger partial charge in [0.15, 0.2) is 0 Å². The third-order valence-electron chi connectivity index (χ3n) is 4.52. The topological polar surface area (TPSA) is 55.4 Å². The molecule has 0 radical (unpaired) electrons. The molecule has 0 spiro atoms. The van der Waals surface area contributed by atoms with Crippen LogP contribution in [0, 0.1) is 6.92 Å². The first-order chi connectivity index (χ1) is 12.0.